The maximum atomic E-state index is 6.15. The van der Waals surface area contributed by atoms with E-state index in [1.807, 2.05) is 0 Å². The molecule has 1 unspecified atom stereocenters. The number of aryl methyl sites for hydroxylation is 1. The summed E-state index contributed by atoms with van der Waals surface area (Å²) < 4.78 is 0. The van der Waals surface area contributed by atoms with Gasteiger partial charge in [-0.3, -0.25) is 0 Å². The van der Waals surface area contributed by atoms with Crippen molar-refractivity contribution >= 4 is 22.9 Å². The van der Waals surface area contributed by atoms with E-state index in [1.54, 1.807) is 11.3 Å². The molecule has 2 aromatic heterocycles. The third-order valence-electron chi connectivity index (χ3n) is 3.10. The van der Waals surface area contributed by atoms with Gasteiger partial charge in [-0.2, -0.15) is 0 Å². The number of nitrogens with one attached hydrogen (secondary N) is 2. The molecule has 0 fully saturated rings. The number of nitrogens with zero attached hydrogens (tertiary/aromatic N) is 1. The summed E-state index contributed by atoms with van der Waals surface area (Å²) in [5, 5.41) is 6.16. The minimum atomic E-state index is 0.332. The van der Waals surface area contributed by atoms with Crippen LogP contribution in [0, 0.1) is 0 Å². The minimum absolute atomic E-state index is 0.332. The number of aromatic amines is 1. The Balaban J connectivity index is 1.90. The number of unbranched alkanes of at least 4 members (excludes halogenated alkanes) is 1. The van der Waals surface area contributed by atoms with Crippen LogP contribution in [-0.4, -0.2) is 9.97 Å². The zero-order valence-corrected chi connectivity index (χ0v) is 12.9. The largest absolute Gasteiger partial charge is 0.344 e. The van der Waals surface area contributed by atoms with Gasteiger partial charge in [0.2, 0.25) is 0 Å². The van der Waals surface area contributed by atoms with Gasteiger partial charge in [-0.15, -0.1) is 11.3 Å². The second-order valence-corrected chi connectivity index (χ2v) is 6.01. The molecule has 0 spiro atoms. The molecule has 3 nitrogen and oxygen atoms in total. The van der Waals surface area contributed by atoms with Crippen LogP contribution >= 0.6 is 22.9 Å². The zero-order chi connectivity index (χ0) is 13.7. The van der Waals surface area contributed by atoms with Crippen molar-refractivity contribution in [3.05, 3.63) is 39.1 Å². The van der Waals surface area contributed by atoms with Crippen molar-refractivity contribution in [3.8, 4) is 0 Å². The molecule has 2 aromatic rings. The van der Waals surface area contributed by atoms with Gasteiger partial charge in [-0.05, 0) is 24.8 Å². The molecule has 104 valence electrons. The molecule has 0 aliphatic heterocycles. The van der Waals surface area contributed by atoms with Crippen LogP contribution < -0.4 is 5.32 Å². The Morgan fingerprint density at radius 2 is 2.37 bits per heavy atom. The number of thiophene rings is 1. The molecule has 0 saturated heterocycles. The molecule has 0 amide bonds. The summed E-state index contributed by atoms with van der Waals surface area (Å²) in [7, 11) is 0. The average molecular weight is 298 g/mol. The van der Waals surface area contributed by atoms with Crippen molar-refractivity contribution in [2.75, 3.05) is 0 Å². The molecule has 2 N–H and O–H groups in total. The quantitative estimate of drug-likeness (QED) is 0.799. The first kappa shape index (κ1) is 14.6. The van der Waals surface area contributed by atoms with E-state index in [4.69, 9.17) is 11.6 Å². The predicted molar refractivity (Wildman–Crippen MR) is 81.8 cm³/mol. The maximum Gasteiger partial charge on any atom is 0.151 e. The molecule has 1 atom stereocenters. The lowest BCUT2D eigenvalue weighted by Crippen LogP contribution is -2.17. The summed E-state index contributed by atoms with van der Waals surface area (Å²) in [6.07, 6.45) is 3.28. The number of hydrogen-bond acceptors (Lipinski definition) is 3. The van der Waals surface area contributed by atoms with Crippen LogP contribution in [0.15, 0.2) is 17.5 Å². The summed E-state index contributed by atoms with van der Waals surface area (Å²) >= 11 is 7.92. The third-order valence-corrected chi connectivity index (χ3v) is 4.47. The predicted octanol–water partition coefficient (Wildman–Crippen LogP) is 4.32. The van der Waals surface area contributed by atoms with Crippen LogP contribution in [0.25, 0.3) is 0 Å². The van der Waals surface area contributed by atoms with Crippen LogP contribution in [0.1, 0.15) is 49.1 Å². The van der Waals surface area contributed by atoms with Crippen LogP contribution in [0.4, 0.5) is 0 Å². The van der Waals surface area contributed by atoms with Gasteiger partial charge in [0, 0.05) is 23.9 Å². The fraction of sp³-hybridized carbons (Fsp3) is 0.500. The number of aromatic nitrogens is 2. The molecule has 0 aromatic carbocycles. The molecule has 0 aliphatic rings. The smallest absolute Gasteiger partial charge is 0.151 e. The number of rotatable bonds is 7. The van der Waals surface area contributed by atoms with Crippen LogP contribution in [0.2, 0.25) is 5.15 Å². The second kappa shape index (κ2) is 7.08. The van der Waals surface area contributed by atoms with Gasteiger partial charge in [0.15, 0.2) is 5.15 Å². The van der Waals surface area contributed by atoms with Crippen molar-refractivity contribution in [2.45, 2.75) is 45.7 Å². The third kappa shape index (κ3) is 4.06. The molecular weight excluding hydrogens is 278 g/mol. The highest BCUT2D eigenvalue weighted by atomic mass is 35.5. The Morgan fingerprint density at radius 1 is 1.53 bits per heavy atom. The SMILES string of the molecule is CCCCc1nc(Cl)c(CNC(C)c2cccs2)[nH]1. The topological polar surface area (TPSA) is 40.7 Å². The van der Waals surface area contributed by atoms with Gasteiger partial charge >= 0.3 is 0 Å². The molecule has 0 bridgehead atoms. The molecule has 0 aliphatic carbocycles. The lowest BCUT2D eigenvalue weighted by atomic mass is 10.2. The van der Waals surface area contributed by atoms with Crippen molar-refractivity contribution in [3.63, 3.8) is 0 Å². The Morgan fingerprint density at radius 3 is 3.05 bits per heavy atom. The minimum Gasteiger partial charge on any atom is -0.344 e. The molecule has 2 heterocycles. The van der Waals surface area contributed by atoms with Gasteiger partial charge in [-0.25, -0.2) is 4.98 Å². The molecule has 5 heteroatoms. The number of H-pyrrole nitrogens is 1. The standard InChI is InChI=1S/C14H20ClN3S/c1-3-4-7-13-17-11(14(15)18-13)9-16-10(2)12-6-5-8-19-12/h5-6,8,10,16H,3-4,7,9H2,1-2H3,(H,17,18). The lowest BCUT2D eigenvalue weighted by molar-refractivity contribution is 0.576. The van der Waals surface area contributed by atoms with E-state index in [2.05, 4.69) is 46.6 Å². The van der Waals surface area contributed by atoms with Crippen LogP contribution in [0.5, 0.6) is 0 Å². The highest BCUT2D eigenvalue weighted by Gasteiger charge is 2.10. The van der Waals surface area contributed by atoms with E-state index in [9.17, 15) is 0 Å². The Bertz CT molecular complexity index is 493. The van der Waals surface area contributed by atoms with Gasteiger partial charge in [-0.1, -0.05) is 31.0 Å². The van der Waals surface area contributed by atoms with Crippen LogP contribution in [0.3, 0.4) is 0 Å². The van der Waals surface area contributed by atoms with Crippen LogP contribution in [-0.2, 0) is 13.0 Å². The normalized spacial score (nSPS) is 12.8. The monoisotopic (exact) mass is 297 g/mol. The summed E-state index contributed by atoms with van der Waals surface area (Å²) in [4.78, 5) is 9.01. The molecule has 19 heavy (non-hydrogen) atoms. The average Bonchev–Trinajstić information content (AvgIpc) is 3.03. The van der Waals surface area contributed by atoms with E-state index in [-0.39, 0.29) is 0 Å². The lowest BCUT2D eigenvalue weighted by Gasteiger charge is -2.11. The van der Waals surface area contributed by atoms with E-state index < -0.39 is 0 Å². The fourth-order valence-electron chi connectivity index (χ4n) is 1.91. The van der Waals surface area contributed by atoms with Gasteiger partial charge in [0.05, 0.1) is 5.69 Å². The van der Waals surface area contributed by atoms with E-state index >= 15 is 0 Å². The van der Waals surface area contributed by atoms with E-state index in [1.165, 1.54) is 11.3 Å². The Hall–Kier alpha value is -0.840. The summed E-state index contributed by atoms with van der Waals surface area (Å²) in [6.45, 7) is 5.06. The first-order chi connectivity index (χ1) is 9.20. The van der Waals surface area contributed by atoms with Crippen molar-refractivity contribution in [1.82, 2.24) is 15.3 Å². The molecular formula is C14H20ClN3S. The maximum absolute atomic E-state index is 6.15. The first-order valence-electron chi connectivity index (χ1n) is 6.70. The van der Waals surface area contributed by atoms with Gasteiger partial charge in [0.1, 0.15) is 5.82 Å². The highest BCUT2D eigenvalue weighted by molar-refractivity contribution is 7.10. The van der Waals surface area contributed by atoms with E-state index in [0.29, 0.717) is 11.2 Å². The molecule has 0 saturated carbocycles. The Kier molecular flexibility index (Phi) is 5.43. The molecule has 0 radical (unpaired) electrons. The number of imidazole rings is 1. The Labute approximate surface area is 123 Å². The number of halogens is 1. The zero-order valence-electron chi connectivity index (χ0n) is 11.4. The van der Waals surface area contributed by atoms with Gasteiger partial charge in [0.25, 0.3) is 0 Å². The highest BCUT2D eigenvalue weighted by Crippen LogP contribution is 2.20. The first-order valence-corrected chi connectivity index (χ1v) is 7.96. The summed E-state index contributed by atoms with van der Waals surface area (Å²) in [5.74, 6) is 0.993. The van der Waals surface area contributed by atoms with Crippen molar-refractivity contribution < 1.29 is 0 Å². The summed E-state index contributed by atoms with van der Waals surface area (Å²) in [6, 6.07) is 4.55. The fourth-order valence-corrected chi connectivity index (χ4v) is 2.89. The number of hydrogen-bond donors (Lipinski definition) is 2. The molecule has 2 rings (SSSR count). The van der Waals surface area contributed by atoms with Crippen molar-refractivity contribution in [1.29, 1.82) is 0 Å². The summed E-state index contributed by atoms with van der Waals surface area (Å²) in [5.41, 5.74) is 0.983. The van der Waals surface area contributed by atoms with Gasteiger partial charge < -0.3 is 10.3 Å². The van der Waals surface area contributed by atoms with E-state index in [0.717, 1.165) is 30.9 Å². The second-order valence-electron chi connectivity index (χ2n) is 4.67. The van der Waals surface area contributed by atoms with Crippen molar-refractivity contribution in [2.24, 2.45) is 0 Å².